The predicted molar refractivity (Wildman–Crippen MR) is 51.6 cm³/mol. The molecule has 0 radical (unpaired) electrons. The summed E-state index contributed by atoms with van der Waals surface area (Å²) in [6.07, 6.45) is 2.78. The van der Waals surface area contributed by atoms with Crippen LogP contribution >= 0.6 is 0 Å². The number of hydrogen-bond donors (Lipinski definition) is 0. The number of benzene rings is 1. The summed E-state index contributed by atoms with van der Waals surface area (Å²) in [5.41, 5.74) is 4.33. The molecule has 1 aromatic rings. The summed E-state index contributed by atoms with van der Waals surface area (Å²) >= 11 is 0. The van der Waals surface area contributed by atoms with Crippen molar-refractivity contribution in [2.45, 2.75) is 38.4 Å². The molecule has 1 fully saturated rings. The van der Waals surface area contributed by atoms with Gasteiger partial charge in [-0.2, -0.15) is 0 Å². The molecule has 2 atom stereocenters. The Morgan fingerprint density at radius 2 is 2.31 bits per heavy atom. The molecule has 13 heavy (non-hydrogen) atoms. The van der Waals surface area contributed by atoms with E-state index in [4.69, 9.17) is 4.74 Å². The van der Waals surface area contributed by atoms with Crippen LogP contribution < -0.4 is 0 Å². The van der Waals surface area contributed by atoms with E-state index in [0.717, 1.165) is 0 Å². The van der Waals surface area contributed by atoms with Crippen LogP contribution in [0, 0.1) is 6.92 Å². The van der Waals surface area contributed by atoms with Gasteiger partial charge in [-0.05, 0) is 43.4 Å². The minimum absolute atomic E-state index is 0.0331. The van der Waals surface area contributed by atoms with Crippen LogP contribution in [0.15, 0.2) is 18.2 Å². The van der Waals surface area contributed by atoms with Gasteiger partial charge < -0.3 is 4.74 Å². The summed E-state index contributed by atoms with van der Waals surface area (Å²) in [5, 5.41) is 0. The van der Waals surface area contributed by atoms with E-state index in [1.165, 1.54) is 29.5 Å². The number of hydrogen-bond acceptors (Lipinski definition) is 1. The van der Waals surface area contributed by atoms with Crippen molar-refractivity contribution in [3.05, 3.63) is 34.9 Å². The van der Waals surface area contributed by atoms with Crippen LogP contribution in [0.3, 0.4) is 0 Å². The number of ether oxygens (including phenoxy) is 1. The summed E-state index contributed by atoms with van der Waals surface area (Å²) in [7, 11) is 0. The first-order valence-electron chi connectivity index (χ1n) is 4.98. The maximum Gasteiger partial charge on any atom is 0.0918 e. The van der Waals surface area contributed by atoms with Gasteiger partial charge in [0.25, 0.3) is 0 Å². The average molecular weight is 174 g/mol. The molecule has 1 heteroatoms. The van der Waals surface area contributed by atoms with E-state index in [0.29, 0.717) is 6.10 Å². The van der Waals surface area contributed by atoms with Gasteiger partial charge in [0.1, 0.15) is 0 Å². The zero-order valence-corrected chi connectivity index (χ0v) is 8.13. The van der Waals surface area contributed by atoms with Gasteiger partial charge >= 0.3 is 0 Å². The maximum absolute atomic E-state index is 6.01. The quantitative estimate of drug-likeness (QED) is 0.587. The number of aryl methyl sites for hydroxylation is 1. The van der Waals surface area contributed by atoms with Crippen molar-refractivity contribution >= 4 is 0 Å². The lowest BCUT2D eigenvalue weighted by Gasteiger charge is -2.23. The third-order valence-electron chi connectivity index (χ3n) is 3.47. The van der Waals surface area contributed by atoms with Crippen molar-refractivity contribution in [2.24, 2.45) is 0 Å². The molecule has 3 rings (SSSR count). The van der Waals surface area contributed by atoms with E-state index in [2.05, 4.69) is 32.0 Å². The fourth-order valence-corrected chi connectivity index (χ4v) is 2.92. The molecule has 0 amide bonds. The molecule has 0 unspecified atom stereocenters. The lowest BCUT2D eigenvalue weighted by molar-refractivity contribution is -0.00726. The molecule has 2 bridgehead atoms. The molecule has 1 aromatic carbocycles. The van der Waals surface area contributed by atoms with Crippen LogP contribution in [0.5, 0.6) is 0 Å². The van der Waals surface area contributed by atoms with E-state index in [-0.39, 0.29) is 5.60 Å². The molecule has 0 aromatic heterocycles. The van der Waals surface area contributed by atoms with Crippen LogP contribution in [0.2, 0.25) is 0 Å². The Hall–Kier alpha value is -0.820. The highest BCUT2D eigenvalue weighted by atomic mass is 16.5. The topological polar surface area (TPSA) is 9.23 Å². The Bertz CT molecular complexity index is 369. The Kier molecular flexibility index (Phi) is 1.26. The van der Waals surface area contributed by atoms with E-state index in [1.54, 1.807) is 0 Å². The van der Waals surface area contributed by atoms with E-state index in [1.807, 2.05) is 0 Å². The normalized spacial score (nSPS) is 35.1. The van der Waals surface area contributed by atoms with Gasteiger partial charge in [0.2, 0.25) is 0 Å². The summed E-state index contributed by atoms with van der Waals surface area (Å²) in [6.45, 7) is 4.42. The molecular formula is C12H14O. The first kappa shape index (κ1) is 7.57. The van der Waals surface area contributed by atoms with Crippen LogP contribution in [0.1, 0.15) is 42.6 Å². The average Bonchev–Trinajstić information content (AvgIpc) is 2.59. The van der Waals surface area contributed by atoms with Crippen molar-refractivity contribution in [1.29, 1.82) is 0 Å². The molecule has 1 nitrogen and oxygen atoms in total. The van der Waals surface area contributed by atoms with Gasteiger partial charge in [0.05, 0.1) is 11.7 Å². The third kappa shape index (κ3) is 0.806. The molecule has 0 spiro atoms. The SMILES string of the molecule is Cc1cccc2c1[C@@]1(C)CC[C@@H]2O1. The van der Waals surface area contributed by atoms with Crippen LogP contribution in [0.4, 0.5) is 0 Å². The number of rotatable bonds is 0. The molecule has 68 valence electrons. The highest BCUT2D eigenvalue weighted by Crippen LogP contribution is 2.55. The van der Waals surface area contributed by atoms with E-state index < -0.39 is 0 Å². The molecule has 2 aliphatic rings. The van der Waals surface area contributed by atoms with Gasteiger partial charge in [-0.15, -0.1) is 0 Å². The van der Waals surface area contributed by atoms with Crippen LogP contribution in [0.25, 0.3) is 0 Å². The Labute approximate surface area is 78.7 Å². The zero-order chi connectivity index (χ0) is 9.05. The van der Waals surface area contributed by atoms with Gasteiger partial charge in [-0.25, -0.2) is 0 Å². The summed E-state index contributed by atoms with van der Waals surface area (Å²) in [6, 6.07) is 6.55. The van der Waals surface area contributed by atoms with Crippen molar-refractivity contribution in [1.82, 2.24) is 0 Å². The molecule has 1 saturated heterocycles. The molecule has 2 heterocycles. The third-order valence-corrected chi connectivity index (χ3v) is 3.47. The smallest absolute Gasteiger partial charge is 0.0918 e. The minimum Gasteiger partial charge on any atom is -0.363 e. The lowest BCUT2D eigenvalue weighted by Crippen LogP contribution is -2.18. The van der Waals surface area contributed by atoms with Crippen molar-refractivity contribution in [2.75, 3.05) is 0 Å². The predicted octanol–water partition coefficient (Wildman–Crippen LogP) is 3.08. The Balaban J connectivity index is 2.30. The summed E-state index contributed by atoms with van der Waals surface area (Å²) < 4.78 is 6.01. The van der Waals surface area contributed by atoms with Gasteiger partial charge in [0.15, 0.2) is 0 Å². The van der Waals surface area contributed by atoms with Gasteiger partial charge in [-0.1, -0.05) is 18.2 Å². The standard InChI is InChI=1S/C12H14O/c1-8-4-3-5-9-10-6-7-12(2,13-10)11(8)9/h3-5,10H,6-7H2,1-2H3/t10-,12+/m0/s1. The Morgan fingerprint density at radius 1 is 1.46 bits per heavy atom. The highest BCUT2D eigenvalue weighted by Gasteiger charge is 2.47. The molecule has 2 aliphatic heterocycles. The van der Waals surface area contributed by atoms with Gasteiger partial charge in [-0.3, -0.25) is 0 Å². The first-order valence-corrected chi connectivity index (χ1v) is 4.98. The van der Waals surface area contributed by atoms with Crippen molar-refractivity contribution in [3.8, 4) is 0 Å². The first-order chi connectivity index (χ1) is 6.21. The second-order valence-corrected chi connectivity index (χ2v) is 4.42. The second-order valence-electron chi connectivity index (χ2n) is 4.42. The Morgan fingerprint density at radius 3 is 3.08 bits per heavy atom. The van der Waals surface area contributed by atoms with E-state index in [9.17, 15) is 0 Å². The molecule has 0 saturated carbocycles. The van der Waals surface area contributed by atoms with Gasteiger partial charge in [0, 0.05) is 0 Å². The fraction of sp³-hybridized carbons (Fsp3) is 0.500. The second kappa shape index (κ2) is 2.16. The maximum atomic E-state index is 6.01. The highest BCUT2D eigenvalue weighted by molar-refractivity contribution is 5.45. The monoisotopic (exact) mass is 174 g/mol. The van der Waals surface area contributed by atoms with Crippen molar-refractivity contribution in [3.63, 3.8) is 0 Å². The minimum atomic E-state index is 0.0331. The van der Waals surface area contributed by atoms with E-state index >= 15 is 0 Å². The van der Waals surface area contributed by atoms with Crippen LogP contribution in [-0.4, -0.2) is 0 Å². The van der Waals surface area contributed by atoms with Crippen molar-refractivity contribution < 1.29 is 4.74 Å². The lowest BCUT2D eigenvalue weighted by atomic mass is 9.81. The number of fused-ring (bicyclic) bond motifs is 5. The molecule has 0 N–H and O–H groups in total. The largest absolute Gasteiger partial charge is 0.363 e. The fourth-order valence-electron chi connectivity index (χ4n) is 2.92. The molecule has 0 aliphatic carbocycles. The summed E-state index contributed by atoms with van der Waals surface area (Å²) in [5.74, 6) is 0. The molecular weight excluding hydrogens is 160 g/mol. The van der Waals surface area contributed by atoms with Crippen LogP contribution in [-0.2, 0) is 10.3 Å². The zero-order valence-electron chi connectivity index (χ0n) is 8.13. The summed E-state index contributed by atoms with van der Waals surface area (Å²) in [4.78, 5) is 0.